The van der Waals surface area contributed by atoms with Crippen LogP contribution in [0, 0.1) is 11.7 Å². The molecule has 0 radical (unpaired) electrons. The minimum atomic E-state index is -0.194. The predicted octanol–water partition coefficient (Wildman–Crippen LogP) is 5.94. The number of rotatable bonds is 10. The van der Waals surface area contributed by atoms with Crippen molar-refractivity contribution in [1.82, 2.24) is 4.98 Å². The van der Waals surface area contributed by atoms with E-state index in [1.54, 1.807) is 12.3 Å². The van der Waals surface area contributed by atoms with Gasteiger partial charge in [0.1, 0.15) is 17.6 Å². The highest BCUT2D eigenvalue weighted by molar-refractivity contribution is 5.85. The van der Waals surface area contributed by atoms with E-state index in [0.717, 1.165) is 37.1 Å². The number of anilines is 1. The highest BCUT2D eigenvalue weighted by Gasteiger charge is 2.27. The van der Waals surface area contributed by atoms with Crippen LogP contribution in [0.5, 0.6) is 5.75 Å². The number of Topliss-reactive ketones (excluding diaryl/α,β-unsaturated/α-hetero) is 1. The molecule has 4 nitrogen and oxygen atoms in total. The van der Waals surface area contributed by atoms with Crippen LogP contribution in [0.2, 0.25) is 0 Å². The van der Waals surface area contributed by atoms with Crippen LogP contribution in [0.15, 0.2) is 36.5 Å². The van der Waals surface area contributed by atoms with Crippen LogP contribution < -0.4 is 9.64 Å². The third-order valence-corrected chi connectivity index (χ3v) is 5.97. The van der Waals surface area contributed by atoms with E-state index in [1.807, 2.05) is 31.2 Å². The van der Waals surface area contributed by atoms with Gasteiger partial charge in [0.2, 0.25) is 0 Å². The van der Waals surface area contributed by atoms with Gasteiger partial charge in [0.15, 0.2) is 5.82 Å². The van der Waals surface area contributed by atoms with E-state index in [4.69, 9.17) is 4.74 Å². The Bertz CT molecular complexity index is 866. The number of carbonyl (C=O) groups excluding carboxylic acids is 1. The molecule has 1 aliphatic rings. The smallest absolute Gasteiger partial charge is 0.167 e. The summed E-state index contributed by atoms with van der Waals surface area (Å²) in [5.41, 5.74) is 2.20. The Balaban J connectivity index is 1.59. The maximum Gasteiger partial charge on any atom is 0.167 e. The number of unbranched alkanes of at least 4 members (excludes halogenated alkanes) is 1. The van der Waals surface area contributed by atoms with E-state index >= 15 is 0 Å². The molecule has 1 aromatic carbocycles. The standard InChI is InChI=1S/C26H35FN2O2/c1-5-6-7-23-26(27)24(12-14-28-23)29-15-13-22(17-29)31-21-10-8-20(9-11-21)19(4)25(30)16-18(2)3/h8-12,14,18-19,22H,5-7,13,15-17H2,1-4H3. The lowest BCUT2D eigenvalue weighted by Gasteiger charge is -2.20. The van der Waals surface area contributed by atoms with Crippen molar-refractivity contribution in [2.45, 2.75) is 71.8 Å². The zero-order valence-electron chi connectivity index (χ0n) is 19.2. The molecule has 0 bridgehead atoms. The SMILES string of the molecule is CCCCc1nccc(N2CCC(Oc3ccc(C(C)C(=O)CC(C)C)cc3)C2)c1F. The number of hydrogen-bond donors (Lipinski definition) is 0. The van der Waals surface area contributed by atoms with Gasteiger partial charge in [-0.05, 0) is 42.5 Å². The van der Waals surface area contributed by atoms with Crippen LogP contribution in [-0.4, -0.2) is 30.0 Å². The van der Waals surface area contributed by atoms with Gasteiger partial charge in [-0.25, -0.2) is 4.39 Å². The second-order valence-corrected chi connectivity index (χ2v) is 9.02. The maximum atomic E-state index is 14.9. The molecule has 0 amide bonds. The molecule has 3 rings (SSSR count). The first kappa shape index (κ1) is 23.2. The third-order valence-electron chi connectivity index (χ3n) is 5.97. The van der Waals surface area contributed by atoms with Crippen LogP contribution in [0.4, 0.5) is 10.1 Å². The Morgan fingerprint density at radius 2 is 1.97 bits per heavy atom. The van der Waals surface area contributed by atoms with E-state index in [-0.39, 0.29) is 23.6 Å². The van der Waals surface area contributed by atoms with Crippen LogP contribution in [0.1, 0.15) is 70.6 Å². The average molecular weight is 427 g/mol. The van der Waals surface area contributed by atoms with Gasteiger partial charge in [0, 0.05) is 31.5 Å². The molecule has 2 unspecified atom stereocenters. The zero-order valence-corrected chi connectivity index (χ0v) is 19.2. The van der Waals surface area contributed by atoms with Gasteiger partial charge in [0.05, 0.1) is 17.9 Å². The maximum absolute atomic E-state index is 14.9. The van der Waals surface area contributed by atoms with Crippen LogP contribution in [0.25, 0.3) is 0 Å². The quantitative estimate of drug-likeness (QED) is 0.471. The lowest BCUT2D eigenvalue weighted by molar-refractivity contribution is -0.120. The number of ether oxygens (including phenoxy) is 1. The van der Waals surface area contributed by atoms with Gasteiger partial charge in [-0.15, -0.1) is 0 Å². The second kappa shape index (κ2) is 10.7. The summed E-state index contributed by atoms with van der Waals surface area (Å²) in [7, 11) is 0. The summed E-state index contributed by atoms with van der Waals surface area (Å²) in [6, 6.07) is 9.60. The molecular formula is C26H35FN2O2. The Morgan fingerprint density at radius 1 is 1.23 bits per heavy atom. The summed E-state index contributed by atoms with van der Waals surface area (Å²) >= 11 is 0. The molecule has 1 aromatic heterocycles. The number of halogens is 1. The monoisotopic (exact) mass is 426 g/mol. The van der Waals surface area contributed by atoms with Gasteiger partial charge < -0.3 is 9.64 Å². The van der Waals surface area contributed by atoms with E-state index in [9.17, 15) is 9.18 Å². The van der Waals surface area contributed by atoms with E-state index in [0.29, 0.717) is 36.7 Å². The normalized spacial score (nSPS) is 17.2. The number of aryl methyl sites for hydroxylation is 1. The number of aromatic nitrogens is 1. The molecule has 1 aliphatic heterocycles. The Morgan fingerprint density at radius 3 is 2.65 bits per heavy atom. The Kier molecular flexibility index (Phi) is 8.05. The predicted molar refractivity (Wildman–Crippen MR) is 123 cm³/mol. The Hall–Kier alpha value is -2.43. The fourth-order valence-corrected chi connectivity index (χ4v) is 4.07. The first-order valence-electron chi connectivity index (χ1n) is 11.6. The lowest BCUT2D eigenvalue weighted by Crippen LogP contribution is -2.25. The minimum absolute atomic E-state index is 0.0116. The number of hydrogen-bond acceptors (Lipinski definition) is 4. The number of ketones is 1. The summed E-state index contributed by atoms with van der Waals surface area (Å²) in [4.78, 5) is 18.6. The number of benzene rings is 1. The first-order valence-corrected chi connectivity index (χ1v) is 11.6. The number of nitrogens with zero attached hydrogens (tertiary/aromatic N) is 2. The van der Waals surface area contributed by atoms with Crippen LogP contribution >= 0.6 is 0 Å². The summed E-state index contributed by atoms with van der Waals surface area (Å²) in [6.45, 7) is 9.61. The van der Waals surface area contributed by atoms with Gasteiger partial charge >= 0.3 is 0 Å². The van der Waals surface area contributed by atoms with Crippen molar-refractivity contribution in [1.29, 1.82) is 0 Å². The van der Waals surface area contributed by atoms with Crippen molar-refractivity contribution >= 4 is 11.5 Å². The number of pyridine rings is 1. The van der Waals surface area contributed by atoms with Crippen molar-refractivity contribution in [2.75, 3.05) is 18.0 Å². The number of carbonyl (C=O) groups is 1. The third kappa shape index (κ3) is 6.05. The molecule has 2 aromatic rings. The molecule has 2 atom stereocenters. The van der Waals surface area contributed by atoms with Crippen molar-refractivity contribution in [3.05, 3.63) is 53.6 Å². The summed E-state index contributed by atoms with van der Waals surface area (Å²) in [5, 5.41) is 0. The molecule has 0 saturated carbocycles. The van der Waals surface area contributed by atoms with E-state index in [2.05, 4.69) is 30.7 Å². The zero-order chi connectivity index (χ0) is 22.4. The molecule has 5 heteroatoms. The lowest BCUT2D eigenvalue weighted by atomic mass is 9.92. The largest absolute Gasteiger partial charge is 0.489 e. The fraction of sp³-hybridized carbons (Fsp3) is 0.538. The van der Waals surface area contributed by atoms with E-state index < -0.39 is 0 Å². The van der Waals surface area contributed by atoms with Crippen molar-refractivity contribution in [2.24, 2.45) is 5.92 Å². The van der Waals surface area contributed by atoms with Crippen LogP contribution in [0.3, 0.4) is 0 Å². The first-order chi connectivity index (χ1) is 14.9. The molecule has 2 heterocycles. The summed E-state index contributed by atoms with van der Waals surface area (Å²) in [5.74, 6) is 1.14. The molecule has 1 saturated heterocycles. The molecule has 0 aliphatic carbocycles. The second-order valence-electron chi connectivity index (χ2n) is 9.02. The molecule has 1 fully saturated rings. The minimum Gasteiger partial charge on any atom is -0.489 e. The van der Waals surface area contributed by atoms with Gasteiger partial charge in [0.25, 0.3) is 0 Å². The summed E-state index contributed by atoms with van der Waals surface area (Å²) < 4.78 is 21.1. The molecule has 0 spiro atoms. The van der Waals surface area contributed by atoms with Crippen molar-refractivity contribution < 1.29 is 13.9 Å². The van der Waals surface area contributed by atoms with Crippen molar-refractivity contribution in [3.8, 4) is 5.75 Å². The van der Waals surface area contributed by atoms with Gasteiger partial charge in [-0.2, -0.15) is 0 Å². The average Bonchev–Trinajstić information content (AvgIpc) is 3.20. The van der Waals surface area contributed by atoms with Crippen LogP contribution in [-0.2, 0) is 11.2 Å². The van der Waals surface area contributed by atoms with E-state index in [1.165, 1.54) is 0 Å². The molecular weight excluding hydrogens is 391 g/mol. The Labute approximate surface area is 185 Å². The molecule has 0 N–H and O–H groups in total. The highest BCUT2D eigenvalue weighted by Crippen LogP contribution is 2.28. The molecule has 168 valence electrons. The molecule has 31 heavy (non-hydrogen) atoms. The fourth-order valence-electron chi connectivity index (χ4n) is 4.07. The highest BCUT2D eigenvalue weighted by atomic mass is 19.1. The summed E-state index contributed by atoms with van der Waals surface area (Å²) in [6.07, 6.45) is 5.80. The van der Waals surface area contributed by atoms with Gasteiger partial charge in [-0.1, -0.05) is 46.2 Å². The van der Waals surface area contributed by atoms with Gasteiger partial charge in [-0.3, -0.25) is 9.78 Å². The van der Waals surface area contributed by atoms with Crippen molar-refractivity contribution in [3.63, 3.8) is 0 Å². The topological polar surface area (TPSA) is 42.4 Å².